The van der Waals surface area contributed by atoms with Crippen LogP contribution in [0.5, 0.6) is 0 Å². The van der Waals surface area contributed by atoms with E-state index in [1.165, 1.54) is 0 Å². The van der Waals surface area contributed by atoms with Crippen LogP contribution in [0.15, 0.2) is 0 Å². The van der Waals surface area contributed by atoms with Crippen LogP contribution in [-0.2, 0) is 14.6 Å². The van der Waals surface area contributed by atoms with Gasteiger partial charge in [0.15, 0.2) is 9.84 Å². The molecule has 2 atom stereocenters. The van der Waals surface area contributed by atoms with E-state index in [1.54, 1.807) is 7.11 Å². The molecule has 1 rings (SSSR count). The fourth-order valence-corrected chi connectivity index (χ4v) is 4.14. The Balaban J connectivity index is 2.76. The first-order valence-corrected chi connectivity index (χ1v) is 7.16. The fraction of sp³-hybridized carbons (Fsp3) is 1.00. The van der Waals surface area contributed by atoms with Crippen LogP contribution < -0.4 is 5.32 Å². The molecule has 0 aromatic carbocycles. The maximum absolute atomic E-state index is 11.6. The van der Waals surface area contributed by atoms with Crippen molar-refractivity contribution in [2.24, 2.45) is 5.92 Å². The molecule has 0 radical (unpaired) electrons. The third-order valence-electron chi connectivity index (χ3n) is 3.32. The number of ether oxygens (including phenoxy) is 1. The average molecular weight is 235 g/mol. The summed E-state index contributed by atoms with van der Waals surface area (Å²) in [6.07, 6.45) is 1.70. The molecule has 0 aromatic rings. The zero-order valence-electron chi connectivity index (χ0n) is 9.75. The maximum Gasteiger partial charge on any atom is 0.150 e. The lowest BCUT2D eigenvalue weighted by Gasteiger charge is -2.38. The molecule has 0 saturated carbocycles. The molecule has 1 N–H and O–H groups in total. The van der Waals surface area contributed by atoms with E-state index in [9.17, 15) is 8.42 Å². The van der Waals surface area contributed by atoms with Gasteiger partial charge < -0.3 is 10.1 Å². The van der Waals surface area contributed by atoms with Crippen LogP contribution in [0.2, 0.25) is 0 Å². The third kappa shape index (κ3) is 3.16. The number of methoxy groups -OCH3 is 1. The lowest BCUT2D eigenvalue weighted by Crippen LogP contribution is -2.49. The highest BCUT2D eigenvalue weighted by atomic mass is 32.2. The van der Waals surface area contributed by atoms with Gasteiger partial charge in [-0.15, -0.1) is 0 Å². The van der Waals surface area contributed by atoms with Crippen molar-refractivity contribution in [1.82, 2.24) is 5.32 Å². The highest BCUT2D eigenvalue weighted by molar-refractivity contribution is 7.91. The van der Waals surface area contributed by atoms with Crippen LogP contribution in [0.25, 0.3) is 0 Å². The molecule has 1 aliphatic rings. The molecule has 0 bridgehead atoms. The van der Waals surface area contributed by atoms with E-state index in [0.717, 1.165) is 12.8 Å². The molecule has 0 amide bonds. The summed E-state index contributed by atoms with van der Waals surface area (Å²) in [4.78, 5) is 0. The third-order valence-corrected chi connectivity index (χ3v) is 5.14. The number of hydrogen-bond donors (Lipinski definition) is 1. The zero-order valence-corrected chi connectivity index (χ0v) is 10.6. The van der Waals surface area contributed by atoms with Crippen LogP contribution in [-0.4, -0.2) is 46.2 Å². The first-order chi connectivity index (χ1) is 6.93. The van der Waals surface area contributed by atoms with E-state index < -0.39 is 9.84 Å². The predicted octanol–water partition coefficient (Wildman–Crippen LogP) is 0.436. The Labute approximate surface area is 92.3 Å². The van der Waals surface area contributed by atoms with Gasteiger partial charge in [-0.25, -0.2) is 8.42 Å². The SMILES string of the molecule is CNCC(C)(OC)C1CCCS(=O)(=O)C1. The summed E-state index contributed by atoms with van der Waals surface area (Å²) in [5.41, 5.74) is -0.373. The van der Waals surface area contributed by atoms with E-state index in [0.29, 0.717) is 12.3 Å². The predicted molar refractivity (Wildman–Crippen MR) is 60.7 cm³/mol. The van der Waals surface area contributed by atoms with Crippen LogP contribution in [0.1, 0.15) is 19.8 Å². The van der Waals surface area contributed by atoms with Crippen LogP contribution in [0.3, 0.4) is 0 Å². The zero-order chi connectivity index (χ0) is 11.5. The highest BCUT2D eigenvalue weighted by Gasteiger charge is 2.38. The second kappa shape index (κ2) is 4.80. The molecular formula is C10H21NO3S. The average Bonchev–Trinajstić information content (AvgIpc) is 2.16. The lowest BCUT2D eigenvalue weighted by atomic mass is 9.86. The summed E-state index contributed by atoms with van der Waals surface area (Å²) < 4.78 is 28.6. The Morgan fingerprint density at radius 3 is 2.67 bits per heavy atom. The smallest absolute Gasteiger partial charge is 0.150 e. The van der Waals surface area contributed by atoms with Gasteiger partial charge in [-0.3, -0.25) is 0 Å². The van der Waals surface area contributed by atoms with Crippen molar-refractivity contribution in [2.75, 3.05) is 32.2 Å². The number of hydrogen-bond acceptors (Lipinski definition) is 4. The van der Waals surface area contributed by atoms with Crippen molar-refractivity contribution < 1.29 is 13.2 Å². The molecule has 4 nitrogen and oxygen atoms in total. The van der Waals surface area contributed by atoms with E-state index >= 15 is 0 Å². The summed E-state index contributed by atoms with van der Waals surface area (Å²) in [7, 11) is 0.656. The first-order valence-electron chi connectivity index (χ1n) is 5.34. The molecular weight excluding hydrogens is 214 g/mol. The standard InChI is InChI=1S/C10H21NO3S/c1-10(14-3,8-11-2)9-5-4-6-15(12,13)7-9/h9,11H,4-8H2,1-3H3. The molecule has 0 aliphatic carbocycles. The fourth-order valence-electron chi connectivity index (χ4n) is 2.24. The molecule has 15 heavy (non-hydrogen) atoms. The minimum absolute atomic E-state index is 0.105. The second-order valence-electron chi connectivity index (χ2n) is 4.50. The van der Waals surface area contributed by atoms with Crippen LogP contribution >= 0.6 is 0 Å². The minimum Gasteiger partial charge on any atom is -0.377 e. The van der Waals surface area contributed by atoms with Crippen LogP contribution in [0.4, 0.5) is 0 Å². The Bertz CT molecular complexity index is 302. The molecule has 0 aromatic heterocycles. The topological polar surface area (TPSA) is 55.4 Å². The first kappa shape index (κ1) is 12.9. The van der Waals surface area contributed by atoms with Gasteiger partial charge in [0.2, 0.25) is 0 Å². The highest BCUT2D eigenvalue weighted by Crippen LogP contribution is 2.30. The van der Waals surface area contributed by atoms with Gasteiger partial charge in [-0.05, 0) is 26.8 Å². The van der Waals surface area contributed by atoms with Crippen molar-refractivity contribution in [3.63, 3.8) is 0 Å². The number of nitrogens with one attached hydrogen (secondary N) is 1. The molecule has 2 unspecified atom stereocenters. The van der Waals surface area contributed by atoms with Gasteiger partial charge in [0.1, 0.15) is 0 Å². The van der Waals surface area contributed by atoms with E-state index in [4.69, 9.17) is 4.74 Å². The largest absolute Gasteiger partial charge is 0.377 e. The minimum atomic E-state index is -2.85. The molecule has 90 valence electrons. The van der Waals surface area contributed by atoms with Gasteiger partial charge in [-0.1, -0.05) is 0 Å². The Morgan fingerprint density at radius 1 is 1.53 bits per heavy atom. The molecule has 1 heterocycles. The molecule has 1 saturated heterocycles. The Morgan fingerprint density at radius 2 is 2.20 bits per heavy atom. The van der Waals surface area contributed by atoms with Crippen molar-refractivity contribution in [3.05, 3.63) is 0 Å². The number of rotatable bonds is 4. The van der Waals surface area contributed by atoms with Crippen molar-refractivity contribution in [1.29, 1.82) is 0 Å². The number of likely N-dealkylation sites (N-methyl/N-ethyl adjacent to an activating group) is 1. The Hall–Kier alpha value is -0.130. The maximum atomic E-state index is 11.6. The van der Waals surface area contributed by atoms with E-state index in [1.807, 2.05) is 14.0 Å². The second-order valence-corrected chi connectivity index (χ2v) is 6.73. The molecule has 0 spiro atoms. The summed E-state index contributed by atoms with van der Waals surface area (Å²) in [5.74, 6) is 0.704. The van der Waals surface area contributed by atoms with Gasteiger partial charge >= 0.3 is 0 Å². The summed E-state index contributed by atoms with van der Waals surface area (Å²) in [5, 5.41) is 3.06. The summed E-state index contributed by atoms with van der Waals surface area (Å²) >= 11 is 0. The van der Waals surface area contributed by atoms with Gasteiger partial charge in [0.25, 0.3) is 0 Å². The molecule has 1 fully saturated rings. The van der Waals surface area contributed by atoms with Crippen molar-refractivity contribution in [3.8, 4) is 0 Å². The lowest BCUT2D eigenvalue weighted by molar-refractivity contribution is -0.0375. The van der Waals surface area contributed by atoms with Gasteiger partial charge in [0.05, 0.1) is 17.1 Å². The summed E-state index contributed by atoms with van der Waals surface area (Å²) in [6, 6.07) is 0. The van der Waals surface area contributed by atoms with E-state index in [-0.39, 0.29) is 17.3 Å². The van der Waals surface area contributed by atoms with Gasteiger partial charge in [-0.2, -0.15) is 0 Å². The van der Waals surface area contributed by atoms with E-state index in [2.05, 4.69) is 5.32 Å². The summed E-state index contributed by atoms with van der Waals surface area (Å²) in [6.45, 7) is 2.67. The normalized spacial score (nSPS) is 29.7. The quantitative estimate of drug-likeness (QED) is 0.768. The molecule has 5 heteroatoms. The molecule has 1 aliphatic heterocycles. The van der Waals surface area contributed by atoms with Crippen molar-refractivity contribution >= 4 is 9.84 Å². The van der Waals surface area contributed by atoms with Gasteiger partial charge in [0, 0.05) is 19.6 Å². The van der Waals surface area contributed by atoms with Crippen LogP contribution in [0, 0.1) is 5.92 Å². The van der Waals surface area contributed by atoms with Crippen molar-refractivity contribution in [2.45, 2.75) is 25.4 Å². The number of sulfone groups is 1. The Kier molecular flexibility index (Phi) is 4.14. The monoisotopic (exact) mass is 235 g/mol.